The van der Waals surface area contributed by atoms with Crippen LogP contribution in [0.5, 0.6) is 0 Å². The predicted molar refractivity (Wildman–Crippen MR) is 61.8 cm³/mol. The zero-order valence-corrected chi connectivity index (χ0v) is 10.1. The van der Waals surface area contributed by atoms with Crippen LogP contribution in [0.4, 0.5) is 4.39 Å². The van der Waals surface area contributed by atoms with Crippen molar-refractivity contribution < 1.29 is 23.8 Å². The van der Waals surface area contributed by atoms with E-state index in [0.717, 1.165) is 12.1 Å². The summed E-state index contributed by atoms with van der Waals surface area (Å²) >= 11 is 0. The first-order chi connectivity index (χ1) is 8.39. The first-order valence-electron chi connectivity index (χ1n) is 5.19. The van der Waals surface area contributed by atoms with Gasteiger partial charge in [-0.05, 0) is 31.2 Å². The molecule has 98 valence electrons. The number of carbonyl (C=O) groups excluding carboxylic acids is 1. The normalized spacial score (nSPS) is 13.7. The van der Waals surface area contributed by atoms with Gasteiger partial charge in [0.1, 0.15) is 5.82 Å². The van der Waals surface area contributed by atoms with Crippen LogP contribution >= 0.6 is 0 Å². The largest absolute Gasteiger partial charge is 0.479 e. The van der Waals surface area contributed by atoms with Crippen molar-refractivity contribution in [2.75, 3.05) is 13.7 Å². The molecule has 0 saturated heterocycles. The van der Waals surface area contributed by atoms with E-state index in [0.29, 0.717) is 0 Å². The molecule has 0 aliphatic heterocycles. The monoisotopic (exact) mass is 255 g/mol. The van der Waals surface area contributed by atoms with E-state index in [1.54, 1.807) is 0 Å². The molecule has 18 heavy (non-hydrogen) atoms. The summed E-state index contributed by atoms with van der Waals surface area (Å²) < 4.78 is 17.5. The maximum Gasteiger partial charge on any atom is 0.331 e. The number of ether oxygens (including phenoxy) is 1. The van der Waals surface area contributed by atoms with E-state index < -0.39 is 23.2 Å². The van der Waals surface area contributed by atoms with E-state index >= 15 is 0 Å². The molecule has 0 radical (unpaired) electrons. The summed E-state index contributed by atoms with van der Waals surface area (Å²) in [5.41, 5.74) is -1.35. The zero-order valence-electron chi connectivity index (χ0n) is 10.1. The summed E-state index contributed by atoms with van der Waals surface area (Å²) in [6.45, 7) is 1.16. The van der Waals surface area contributed by atoms with Gasteiger partial charge in [0, 0.05) is 12.7 Å². The summed E-state index contributed by atoms with van der Waals surface area (Å²) in [6, 6.07) is 4.81. The molecular weight excluding hydrogens is 241 g/mol. The number of amides is 1. The van der Waals surface area contributed by atoms with Crippen LogP contribution in [0.1, 0.15) is 17.3 Å². The van der Waals surface area contributed by atoms with Gasteiger partial charge in [0.15, 0.2) is 5.54 Å². The third-order valence-electron chi connectivity index (χ3n) is 2.40. The number of halogens is 1. The maximum absolute atomic E-state index is 12.7. The van der Waals surface area contributed by atoms with Crippen molar-refractivity contribution in [3.63, 3.8) is 0 Å². The third kappa shape index (κ3) is 3.27. The highest BCUT2D eigenvalue weighted by Gasteiger charge is 2.35. The lowest BCUT2D eigenvalue weighted by Crippen LogP contribution is -2.55. The molecular formula is C12H14FNO4. The van der Waals surface area contributed by atoms with Gasteiger partial charge in [-0.2, -0.15) is 0 Å². The van der Waals surface area contributed by atoms with Crippen molar-refractivity contribution in [1.82, 2.24) is 5.32 Å². The molecule has 1 atom stereocenters. The molecule has 1 rings (SSSR count). The van der Waals surface area contributed by atoms with E-state index in [1.807, 2.05) is 0 Å². The van der Waals surface area contributed by atoms with Gasteiger partial charge in [-0.3, -0.25) is 4.79 Å². The lowest BCUT2D eigenvalue weighted by atomic mass is 10.0. The molecule has 2 N–H and O–H groups in total. The summed E-state index contributed by atoms with van der Waals surface area (Å²) in [6.07, 6.45) is 0. The second kappa shape index (κ2) is 5.59. The molecule has 0 aliphatic rings. The second-order valence-electron chi connectivity index (χ2n) is 4.03. The molecule has 0 bridgehead atoms. The molecule has 0 aromatic heterocycles. The minimum atomic E-state index is -1.53. The fourth-order valence-electron chi connectivity index (χ4n) is 1.36. The maximum atomic E-state index is 12.7. The number of rotatable bonds is 5. The molecule has 5 nitrogen and oxygen atoms in total. The van der Waals surface area contributed by atoms with Crippen LogP contribution in [0.3, 0.4) is 0 Å². The predicted octanol–water partition coefficient (Wildman–Crippen LogP) is 1.05. The fraction of sp³-hybridized carbons (Fsp3) is 0.333. The van der Waals surface area contributed by atoms with Gasteiger partial charge < -0.3 is 15.2 Å². The molecule has 6 heteroatoms. The lowest BCUT2D eigenvalue weighted by Gasteiger charge is -2.25. The fourth-order valence-corrected chi connectivity index (χ4v) is 1.36. The number of carboxylic acids is 1. The average molecular weight is 255 g/mol. The van der Waals surface area contributed by atoms with Crippen molar-refractivity contribution in [1.29, 1.82) is 0 Å². The summed E-state index contributed by atoms with van der Waals surface area (Å²) in [5.74, 6) is -2.28. The average Bonchev–Trinajstić information content (AvgIpc) is 2.29. The van der Waals surface area contributed by atoms with Gasteiger partial charge in [-0.1, -0.05) is 0 Å². The minimum absolute atomic E-state index is 0.171. The number of aliphatic carboxylic acids is 1. The van der Waals surface area contributed by atoms with Crippen LogP contribution in [-0.2, 0) is 9.53 Å². The van der Waals surface area contributed by atoms with Gasteiger partial charge >= 0.3 is 5.97 Å². The van der Waals surface area contributed by atoms with Gasteiger partial charge in [-0.15, -0.1) is 0 Å². The molecule has 1 aromatic carbocycles. The van der Waals surface area contributed by atoms with Gasteiger partial charge in [0.25, 0.3) is 5.91 Å². The third-order valence-corrected chi connectivity index (χ3v) is 2.40. The Kier molecular flexibility index (Phi) is 4.38. The molecule has 0 fully saturated rings. The number of hydrogen-bond donors (Lipinski definition) is 2. The quantitative estimate of drug-likeness (QED) is 0.824. The molecule has 1 aromatic rings. The van der Waals surface area contributed by atoms with Gasteiger partial charge in [0.05, 0.1) is 6.61 Å². The van der Waals surface area contributed by atoms with Crippen LogP contribution in [0.2, 0.25) is 0 Å². The van der Waals surface area contributed by atoms with E-state index in [1.165, 1.54) is 26.2 Å². The van der Waals surface area contributed by atoms with E-state index in [4.69, 9.17) is 9.84 Å². The van der Waals surface area contributed by atoms with Crippen molar-refractivity contribution in [3.05, 3.63) is 35.6 Å². The van der Waals surface area contributed by atoms with E-state index in [2.05, 4.69) is 5.32 Å². The SMILES string of the molecule is COCC(C)(NC(=O)c1ccc(F)cc1)C(=O)O. The number of benzene rings is 1. The molecule has 0 saturated carbocycles. The minimum Gasteiger partial charge on any atom is -0.479 e. The summed E-state index contributed by atoms with van der Waals surface area (Å²) in [4.78, 5) is 22.9. The molecule has 0 spiro atoms. The van der Waals surface area contributed by atoms with Gasteiger partial charge in [0.2, 0.25) is 0 Å². The number of carboxylic acid groups (broad SMARTS) is 1. The second-order valence-corrected chi connectivity index (χ2v) is 4.03. The highest BCUT2D eigenvalue weighted by Crippen LogP contribution is 2.08. The van der Waals surface area contributed by atoms with Crippen LogP contribution in [0.15, 0.2) is 24.3 Å². The zero-order chi connectivity index (χ0) is 13.8. The number of nitrogens with one attached hydrogen (secondary N) is 1. The Hall–Kier alpha value is -1.95. The van der Waals surface area contributed by atoms with Crippen LogP contribution in [-0.4, -0.2) is 36.2 Å². The number of methoxy groups -OCH3 is 1. The Balaban J connectivity index is 2.85. The van der Waals surface area contributed by atoms with Crippen molar-refractivity contribution >= 4 is 11.9 Å². The first kappa shape index (κ1) is 14.1. The van der Waals surface area contributed by atoms with Crippen LogP contribution < -0.4 is 5.32 Å². The topological polar surface area (TPSA) is 75.6 Å². The Morgan fingerprint density at radius 2 is 1.94 bits per heavy atom. The van der Waals surface area contributed by atoms with E-state index in [-0.39, 0.29) is 12.2 Å². The smallest absolute Gasteiger partial charge is 0.331 e. The first-order valence-corrected chi connectivity index (χ1v) is 5.19. The summed E-state index contributed by atoms with van der Waals surface area (Å²) in [5, 5.41) is 11.4. The number of hydrogen-bond acceptors (Lipinski definition) is 3. The highest BCUT2D eigenvalue weighted by molar-refractivity contribution is 5.97. The number of carbonyl (C=O) groups is 2. The molecule has 0 aliphatic carbocycles. The highest BCUT2D eigenvalue weighted by atomic mass is 19.1. The Labute approximate surface area is 104 Å². The van der Waals surface area contributed by atoms with Crippen molar-refractivity contribution in [2.24, 2.45) is 0 Å². The Morgan fingerprint density at radius 1 is 1.39 bits per heavy atom. The van der Waals surface area contributed by atoms with Crippen molar-refractivity contribution in [2.45, 2.75) is 12.5 Å². The Bertz CT molecular complexity index is 446. The molecule has 1 amide bonds. The molecule has 0 heterocycles. The van der Waals surface area contributed by atoms with Crippen molar-refractivity contribution in [3.8, 4) is 0 Å². The summed E-state index contributed by atoms with van der Waals surface area (Å²) in [7, 11) is 1.34. The Morgan fingerprint density at radius 3 is 2.39 bits per heavy atom. The van der Waals surface area contributed by atoms with Crippen LogP contribution in [0.25, 0.3) is 0 Å². The van der Waals surface area contributed by atoms with Crippen LogP contribution in [0, 0.1) is 5.82 Å². The van der Waals surface area contributed by atoms with Gasteiger partial charge in [-0.25, -0.2) is 9.18 Å². The standard InChI is InChI=1S/C12H14FNO4/c1-12(7-18-2,11(16)17)14-10(15)8-3-5-9(13)6-4-8/h3-6H,7H2,1-2H3,(H,14,15)(H,16,17). The molecule has 1 unspecified atom stereocenters. The lowest BCUT2D eigenvalue weighted by molar-refractivity contribution is -0.145. The van der Waals surface area contributed by atoms with E-state index in [9.17, 15) is 14.0 Å².